The number of hydrogen-bond donors (Lipinski definition) is 1. The largest absolute Gasteiger partial charge is 0.480 e. The highest BCUT2D eigenvalue weighted by Gasteiger charge is 2.16. The van der Waals surface area contributed by atoms with Crippen molar-refractivity contribution in [1.29, 1.82) is 0 Å². The van der Waals surface area contributed by atoms with Gasteiger partial charge in [0.25, 0.3) is 0 Å². The number of likely N-dealkylation sites (N-methyl/N-ethyl adjacent to an activating group) is 1. The minimum atomic E-state index is -1.03. The highest BCUT2D eigenvalue weighted by atomic mass is 79.9. The maximum atomic E-state index is 11.8. The van der Waals surface area contributed by atoms with Crippen molar-refractivity contribution in [2.24, 2.45) is 0 Å². The predicted molar refractivity (Wildman–Crippen MR) is 71.3 cm³/mol. The lowest BCUT2D eigenvalue weighted by Crippen LogP contribution is -2.40. The molecule has 0 heterocycles. The predicted octanol–water partition coefficient (Wildman–Crippen LogP) is 2.02. The number of carbonyl (C=O) groups is 2. The molecule has 1 aromatic rings. The van der Waals surface area contributed by atoms with E-state index in [0.29, 0.717) is 6.54 Å². The molecular weight excluding hydrogens is 300 g/mol. The van der Waals surface area contributed by atoms with Crippen LogP contribution in [0.3, 0.4) is 0 Å². The van der Waals surface area contributed by atoms with E-state index in [0.717, 1.165) is 10.0 Å². The van der Waals surface area contributed by atoms with Crippen molar-refractivity contribution in [2.75, 3.05) is 20.6 Å². The Morgan fingerprint density at radius 3 is 2.50 bits per heavy atom. The smallest absolute Gasteiger partial charge is 0.323 e. The van der Waals surface area contributed by atoms with E-state index in [1.807, 2.05) is 24.3 Å². The molecule has 1 rings (SSSR count). The second-order valence-corrected chi connectivity index (χ2v) is 4.93. The number of hydrogen-bond acceptors (Lipinski definition) is 2. The third kappa shape index (κ3) is 4.37. The molecular formula is C12H15BrN2O3. The van der Waals surface area contributed by atoms with Crippen molar-refractivity contribution in [1.82, 2.24) is 9.80 Å². The molecule has 0 fully saturated rings. The van der Waals surface area contributed by atoms with Gasteiger partial charge in [0.1, 0.15) is 6.54 Å². The summed E-state index contributed by atoms with van der Waals surface area (Å²) in [6.45, 7) is 0.129. The second kappa shape index (κ2) is 6.39. The molecule has 1 N–H and O–H groups in total. The zero-order valence-corrected chi connectivity index (χ0v) is 11.8. The molecule has 0 aliphatic heterocycles. The Bertz CT molecular complexity index is 451. The highest BCUT2D eigenvalue weighted by molar-refractivity contribution is 9.10. The van der Waals surface area contributed by atoms with Gasteiger partial charge in [-0.3, -0.25) is 4.79 Å². The fourth-order valence-electron chi connectivity index (χ4n) is 1.54. The van der Waals surface area contributed by atoms with Crippen LogP contribution in [-0.4, -0.2) is 47.5 Å². The van der Waals surface area contributed by atoms with Crippen LogP contribution >= 0.6 is 15.9 Å². The summed E-state index contributed by atoms with van der Waals surface area (Å²) in [5.74, 6) is -1.03. The highest BCUT2D eigenvalue weighted by Crippen LogP contribution is 2.13. The molecule has 0 spiro atoms. The first-order valence-corrected chi connectivity index (χ1v) is 6.12. The average Bonchev–Trinajstić information content (AvgIpc) is 2.27. The van der Waals surface area contributed by atoms with Crippen molar-refractivity contribution in [2.45, 2.75) is 6.54 Å². The van der Waals surface area contributed by atoms with Crippen molar-refractivity contribution >= 4 is 27.9 Å². The normalized spacial score (nSPS) is 9.94. The van der Waals surface area contributed by atoms with E-state index in [9.17, 15) is 9.59 Å². The fourth-order valence-corrected chi connectivity index (χ4v) is 1.99. The number of carboxylic acid groups (broad SMARTS) is 1. The molecule has 0 atom stereocenters. The van der Waals surface area contributed by atoms with Gasteiger partial charge in [-0.25, -0.2) is 4.79 Å². The van der Waals surface area contributed by atoms with Crippen LogP contribution < -0.4 is 0 Å². The second-order valence-electron chi connectivity index (χ2n) is 4.02. The van der Waals surface area contributed by atoms with Gasteiger partial charge in [0.15, 0.2) is 0 Å². The lowest BCUT2D eigenvalue weighted by atomic mass is 10.2. The molecule has 0 bridgehead atoms. The van der Waals surface area contributed by atoms with Crippen LogP contribution in [0.5, 0.6) is 0 Å². The lowest BCUT2D eigenvalue weighted by Gasteiger charge is -2.23. The van der Waals surface area contributed by atoms with E-state index in [-0.39, 0.29) is 12.6 Å². The monoisotopic (exact) mass is 314 g/mol. The average molecular weight is 315 g/mol. The van der Waals surface area contributed by atoms with Crippen LogP contribution in [0.25, 0.3) is 0 Å². The molecule has 0 radical (unpaired) electrons. The Hall–Kier alpha value is -1.56. The van der Waals surface area contributed by atoms with Crippen LogP contribution in [0.4, 0.5) is 4.79 Å². The molecule has 18 heavy (non-hydrogen) atoms. The van der Waals surface area contributed by atoms with Gasteiger partial charge in [0, 0.05) is 25.1 Å². The number of benzene rings is 1. The summed E-state index contributed by atoms with van der Waals surface area (Å²) in [6, 6.07) is 7.30. The minimum absolute atomic E-state index is 0.304. The first-order chi connectivity index (χ1) is 8.40. The minimum Gasteiger partial charge on any atom is -0.480 e. The number of carboxylic acids is 1. The molecule has 2 amide bonds. The Labute approximate surface area is 114 Å². The Morgan fingerprint density at radius 1 is 1.28 bits per heavy atom. The molecule has 98 valence electrons. The van der Waals surface area contributed by atoms with Gasteiger partial charge in [-0.2, -0.15) is 0 Å². The first-order valence-electron chi connectivity index (χ1n) is 5.32. The van der Waals surface area contributed by atoms with Crippen molar-refractivity contribution in [3.8, 4) is 0 Å². The summed E-state index contributed by atoms with van der Waals surface area (Å²) in [5.41, 5.74) is 0.976. The number of rotatable bonds is 4. The number of carbonyl (C=O) groups excluding carboxylic acids is 1. The topological polar surface area (TPSA) is 60.9 Å². The standard InChI is InChI=1S/C12H15BrN2O3/c1-14(12(18)15(2)8-11(16)17)7-9-4-3-5-10(13)6-9/h3-6H,7-8H2,1-2H3,(H,16,17). The molecule has 0 aliphatic rings. The van der Waals surface area contributed by atoms with Crippen molar-refractivity contribution < 1.29 is 14.7 Å². The van der Waals surface area contributed by atoms with Gasteiger partial charge in [-0.1, -0.05) is 28.1 Å². The Morgan fingerprint density at radius 2 is 1.94 bits per heavy atom. The first kappa shape index (κ1) is 14.5. The van der Waals surface area contributed by atoms with E-state index >= 15 is 0 Å². The van der Waals surface area contributed by atoms with Crippen molar-refractivity contribution in [3.63, 3.8) is 0 Å². The molecule has 0 aliphatic carbocycles. The zero-order chi connectivity index (χ0) is 13.7. The van der Waals surface area contributed by atoms with Crippen LogP contribution in [0.1, 0.15) is 5.56 Å². The van der Waals surface area contributed by atoms with E-state index < -0.39 is 5.97 Å². The van der Waals surface area contributed by atoms with Gasteiger partial charge >= 0.3 is 12.0 Å². The fraction of sp³-hybridized carbons (Fsp3) is 0.333. The van der Waals surface area contributed by atoms with Gasteiger partial charge < -0.3 is 14.9 Å². The third-order valence-corrected chi connectivity index (χ3v) is 2.83. The summed E-state index contributed by atoms with van der Waals surface area (Å²) < 4.78 is 0.944. The van der Waals surface area contributed by atoms with E-state index in [1.165, 1.54) is 16.8 Å². The van der Waals surface area contributed by atoms with Gasteiger partial charge in [-0.15, -0.1) is 0 Å². The number of aliphatic carboxylic acids is 1. The van der Waals surface area contributed by atoms with Crippen LogP contribution in [0, 0.1) is 0 Å². The Balaban J connectivity index is 2.62. The van der Waals surface area contributed by atoms with Crippen molar-refractivity contribution in [3.05, 3.63) is 34.3 Å². The molecule has 0 saturated carbocycles. The van der Waals surface area contributed by atoms with E-state index in [4.69, 9.17) is 5.11 Å². The molecule has 6 heteroatoms. The summed E-state index contributed by atoms with van der Waals surface area (Å²) >= 11 is 3.36. The summed E-state index contributed by atoms with van der Waals surface area (Å²) in [7, 11) is 3.11. The maximum absolute atomic E-state index is 11.8. The molecule has 0 unspecified atom stereocenters. The van der Waals surface area contributed by atoms with Gasteiger partial charge in [0.05, 0.1) is 0 Å². The van der Waals surface area contributed by atoms with Crippen LogP contribution in [-0.2, 0) is 11.3 Å². The van der Waals surface area contributed by atoms with Crippen LogP contribution in [0.2, 0.25) is 0 Å². The van der Waals surface area contributed by atoms with E-state index in [2.05, 4.69) is 15.9 Å². The number of urea groups is 1. The summed E-state index contributed by atoms with van der Waals surface area (Å²) in [6.07, 6.45) is 0. The number of nitrogens with zero attached hydrogens (tertiary/aromatic N) is 2. The third-order valence-electron chi connectivity index (χ3n) is 2.33. The molecule has 1 aromatic carbocycles. The Kier molecular flexibility index (Phi) is 5.15. The van der Waals surface area contributed by atoms with Gasteiger partial charge in [-0.05, 0) is 17.7 Å². The molecule has 0 saturated heterocycles. The molecule has 5 nitrogen and oxygen atoms in total. The maximum Gasteiger partial charge on any atom is 0.323 e. The summed E-state index contributed by atoms with van der Waals surface area (Å²) in [4.78, 5) is 25.0. The van der Waals surface area contributed by atoms with Gasteiger partial charge in [0.2, 0.25) is 0 Å². The molecule has 0 aromatic heterocycles. The number of amides is 2. The quantitative estimate of drug-likeness (QED) is 0.925. The zero-order valence-electron chi connectivity index (χ0n) is 10.3. The SMILES string of the molecule is CN(CC(=O)O)C(=O)N(C)Cc1cccc(Br)c1. The number of halogens is 1. The lowest BCUT2D eigenvalue weighted by molar-refractivity contribution is -0.137. The van der Waals surface area contributed by atoms with Crippen LogP contribution in [0.15, 0.2) is 28.7 Å². The van der Waals surface area contributed by atoms with E-state index in [1.54, 1.807) is 7.05 Å². The summed E-state index contributed by atoms with van der Waals surface area (Å²) in [5, 5.41) is 8.62.